The lowest BCUT2D eigenvalue weighted by atomic mass is 10.1. The summed E-state index contributed by atoms with van der Waals surface area (Å²) in [4.78, 5) is 8.34. The van der Waals surface area contributed by atoms with E-state index in [1.807, 2.05) is 46.1 Å². The summed E-state index contributed by atoms with van der Waals surface area (Å²) in [5.74, 6) is 4.23. The molecule has 0 amide bonds. The Morgan fingerprint density at radius 2 is 1.82 bits per heavy atom. The number of hydrogen-bond donors (Lipinski definition) is 0. The highest BCUT2D eigenvalue weighted by Crippen LogP contribution is 2.40. The first-order valence-corrected chi connectivity index (χ1v) is 16.6. The maximum atomic E-state index is 15.8. The minimum Gasteiger partial charge on any atom is -0.494 e. The van der Waals surface area contributed by atoms with Crippen molar-refractivity contribution in [2.75, 3.05) is 36.6 Å². The number of benzene rings is 1. The molecule has 38 heavy (non-hydrogen) atoms. The number of halogens is 3. The van der Waals surface area contributed by atoms with Crippen molar-refractivity contribution in [3.05, 3.63) is 58.8 Å². The van der Waals surface area contributed by atoms with Gasteiger partial charge in [-0.05, 0) is 87.2 Å². The van der Waals surface area contributed by atoms with Crippen molar-refractivity contribution in [1.29, 1.82) is 0 Å². The Labute approximate surface area is 249 Å². The molecule has 9 nitrogen and oxygen atoms in total. The van der Waals surface area contributed by atoms with Gasteiger partial charge >= 0.3 is 0 Å². The fraction of sp³-hybridized carbons (Fsp3) is 0.333. The molecule has 0 saturated carbocycles. The van der Waals surface area contributed by atoms with Gasteiger partial charge in [0.1, 0.15) is 22.9 Å². The van der Waals surface area contributed by atoms with Gasteiger partial charge < -0.3 is 13.9 Å². The van der Waals surface area contributed by atoms with Crippen LogP contribution < -0.4 is 13.8 Å². The fourth-order valence-electron chi connectivity index (χ4n) is 3.59. The summed E-state index contributed by atoms with van der Waals surface area (Å²) < 4.78 is 37.6. The zero-order chi connectivity index (χ0) is 27.3. The standard InChI is InChI=1S/C24H25BrFIN6O3S2/c1-15-8-9-19(36-15)21-30-31-23(33(21)20-17(34-3)6-5-7-18(20)35-4)32(10-11-37-27)38-14-24(2,26)22-28-12-16(25)13-29-22/h5-9,12-13H,10-11,14H2,1-4H3. The number of hydrogen-bond acceptors (Lipinski definition) is 10. The van der Waals surface area contributed by atoms with Crippen LogP contribution in [0, 0.1) is 6.92 Å². The normalized spacial score (nSPS) is 12.8. The Hall–Kier alpha value is -2.04. The van der Waals surface area contributed by atoms with Gasteiger partial charge in [-0.2, -0.15) is 0 Å². The van der Waals surface area contributed by atoms with Gasteiger partial charge in [-0.3, -0.25) is 8.87 Å². The Morgan fingerprint density at radius 1 is 1.13 bits per heavy atom. The predicted molar refractivity (Wildman–Crippen MR) is 161 cm³/mol. The molecule has 0 aliphatic rings. The van der Waals surface area contributed by atoms with Gasteiger partial charge in [-0.25, -0.2) is 14.4 Å². The van der Waals surface area contributed by atoms with Crippen LogP contribution in [0.15, 0.2) is 51.6 Å². The highest BCUT2D eigenvalue weighted by Gasteiger charge is 2.33. The Bertz CT molecular complexity index is 1350. The van der Waals surface area contributed by atoms with Gasteiger partial charge in [-0.15, -0.1) is 10.2 Å². The minimum atomic E-state index is -1.80. The zero-order valence-electron chi connectivity index (χ0n) is 21.0. The first-order chi connectivity index (χ1) is 18.3. The third-order valence-corrected chi connectivity index (χ3v) is 8.80. The van der Waals surface area contributed by atoms with Crippen molar-refractivity contribution >= 4 is 64.0 Å². The largest absolute Gasteiger partial charge is 0.494 e. The minimum absolute atomic E-state index is 0.0473. The van der Waals surface area contributed by atoms with Gasteiger partial charge in [0.2, 0.25) is 11.8 Å². The van der Waals surface area contributed by atoms with Gasteiger partial charge in [-0.1, -0.05) is 15.0 Å². The molecule has 0 saturated heterocycles. The van der Waals surface area contributed by atoms with Crippen LogP contribution in [0.25, 0.3) is 17.3 Å². The number of ether oxygens (including phenoxy) is 2. The molecule has 1 unspecified atom stereocenters. The van der Waals surface area contributed by atoms with Crippen molar-refractivity contribution < 1.29 is 18.3 Å². The lowest BCUT2D eigenvalue weighted by Gasteiger charge is -2.26. The average molecular weight is 735 g/mol. The monoisotopic (exact) mass is 734 g/mol. The van der Waals surface area contributed by atoms with Crippen molar-refractivity contribution in [3.63, 3.8) is 0 Å². The Morgan fingerprint density at radius 3 is 2.39 bits per heavy atom. The number of furan rings is 1. The predicted octanol–water partition coefficient (Wildman–Crippen LogP) is 6.83. The summed E-state index contributed by atoms with van der Waals surface area (Å²) in [7, 11) is 4.82. The quantitative estimate of drug-likeness (QED) is 0.114. The second-order valence-corrected chi connectivity index (χ2v) is 12.6. The number of rotatable bonds is 12. The number of nitrogens with zero attached hydrogens (tertiary/aromatic N) is 6. The first-order valence-electron chi connectivity index (χ1n) is 11.3. The summed E-state index contributed by atoms with van der Waals surface area (Å²) in [6.45, 7) is 3.89. The maximum absolute atomic E-state index is 15.8. The van der Waals surface area contributed by atoms with Crippen LogP contribution in [0.2, 0.25) is 0 Å². The van der Waals surface area contributed by atoms with E-state index in [0.717, 1.165) is 11.5 Å². The molecule has 0 spiro atoms. The van der Waals surface area contributed by atoms with E-state index in [0.29, 0.717) is 45.7 Å². The third-order valence-electron chi connectivity index (χ3n) is 5.40. The van der Waals surface area contributed by atoms with E-state index < -0.39 is 5.67 Å². The molecule has 0 bridgehead atoms. The molecule has 1 aromatic carbocycles. The summed E-state index contributed by atoms with van der Waals surface area (Å²) in [5.41, 5.74) is -1.19. The van der Waals surface area contributed by atoms with Crippen LogP contribution in [0.1, 0.15) is 18.5 Å². The van der Waals surface area contributed by atoms with E-state index in [1.54, 1.807) is 23.2 Å². The topological polar surface area (TPSA) is 91.3 Å². The lowest BCUT2D eigenvalue weighted by molar-refractivity contribution is 0.213. The van der Waals surface area contributed by atoms with E-state index in [-0.39, 0.29) is 11.6 Å². The molecule has 1 atom stereocenters. The zero-order valence-corrected chi connectivity index (χ0v) is 26.4. The number of alkyl halides is 1. The Balaban J connectivity index is 1.81. The molecule has 4 aromatic rings. The molecule has 3 heterocycles. The molecule has 4 rings (SSSR count). The van der Waals surface area contributed by atoms with Crippen molar-refractivity contribution in [3.8, 4) is 28.8 Å². The molecular formula is C24H25BrFIN6O3S2. The summed E-state index contributed by atoms with van der Waals surface area (Å²) >= 11 is 6.83. The third kappa shape index (κ3) is 6.39. The number of aromatic nitrogens is 5. The van der Waals surface area contributed by atoms with Crippen LogP contribution >= 0.6 is 58.0 Å². The molecule has 0 aliphatic carbocycles. The van der Waals surface area contributed by atoms with Crippen LogP contribution in [-0.4, -0.2) is 57.0 Å². The van der Waals surface area contributed by atoms with E-state index in [2.05, 4.69) is 57.3 Å². The first kappa shape index (κ1) is 29.0. The number of para-hydroxylation sites is 1. The van der Waals surface area contributed by atoms with Crippen LogP contribution in [0.3, 0.4) is 0 Å². The fourth-order valence-corrected chi connectivity index (χ4v) is 5.74. The SMILES string of the molecule is COc1cccc(OC)c1-n1c(-c2ccc(C)o2)nnc1N(CCSI)SCC(C)(F)c1ncc(Br)cn1. The van der Waals surface area contributed by atoms with E-state index >= 15 is 4.39 Å². The molecule has 3 aromatic heterocycles. The second kappa shape index (κ2) is 12.9. The van der Waals surface area contributed by atoms with Crippen LogP contribution in [-0.2, 0) is 5.67 Å². The van der Waals surface area contributed by atoms with E-state index in [9.17, 15) is 0 Å². The number of aryl methyl sites for hydroxylation is 1. The van der Waals surface area contributed by atoms with Crippen LogP contribution in [0.5, 0.6) is 11.5 Å². The molecule has 0 N–H and O–H groups in total. The molecule has 0 radical (unpaired) electrons. The highest BCUT2D eigenvalue weighted by atomic mass is 127. The highest BCUT2D eigenvalue weighted by molar-refractivity contribution is 14.2. The maximum Gasteiger partial charge on any atom is 0.242 e. The Kier molecular flexibility index (Phi) is 9.81. The number of anilines is 1. The summed E-state index contributed by atoms with van der Waals surface area (Å²) in [6.07, 6.45) is 3.08. The molecule has 0 fully saturated rings. The van der Waals surface area contributed by atoms with Gasteiger partial charge in [0, 0.05) is 24.7 Å². The summed E-state index contributed by atoms with van der Waals surface area (Å²) in [5, 5.41) is 9.03. The molecule has 14 heteroatoms. The van der Waals surface area contributed by atoms with E-state index in [1.165, 1.54) is 31.3 Å². The molecule has 202 valence electrons. The lowest BCUT2D eigenvalue weighted by Crippen LogP contribution is -2.28. The number of methoxy groups -OCH3 is 2. The van der Waals surface area contributed by atoms with Crippen molar-refractivity contribution in [2.24, 2.45) is 0 Å². The van der Waals surface area contributed by atoms with Gasteiger partial charge in [0.25, 0.3) is 0 Å². The van der Waals surface area contributed by atoms with Crippen molar-refractivity contribution in [1.82, 2.24) is 24.7 Å². The summed E-state index contributed by atoms with van der Waals surface area (Å²) in [6, 6.07) is 9.21. The van der Waals surface area contributed by atoms with Gasteiger partial charge in [0.15, 0.2) is 17.3 Å². The van der Waals surface area contributed by atoms with Gasteiger partial charge in [0.05, 0.1) is 24.4 Å². The smallest absolute Gasteiger partial charge is 0.242 e. The average Bonchev–Trinajstić information content (AvgIpc) is 3.54. The second-order valence-electron chi connectivity index (χ2n) is 8.19. The molecular weight excluding hydrogens is 710 g/mol. The van der Waals surface area contributed by atoms with Crippen LogP contribution in [0.4, 0.5) is 10.3 Å². The molecule has 0 aliphatic heterocycles. The van der Waals surface area contributed by atoms with Crippen molar-refractivity contribution in [2.45, 2.75) is 19.5 Å². The van der Waals surface area contributed by atoms with E-state index in [4.69, 9.17) is 13.9 Å².